The second-order valence-electron chi connectivity index (χ2n) is 5.44. The Bertz CT molecular complexity index is 804. The average molecular weight is 393 g/mol. The van der Waals surface area contributed by atoms with Crippen molar-refractivity contribution in [3.63, 3.8) is 0 Å². The molecular formula is C18H20N2O4S2. The van der Waals surface area contributed by atoms with Gasteiger partial charge in [0.1, 0.15) is 0 Å². The first kappa shape index (κ1) is 20.1. The highest BCUT2D eigenvalue weighted by molar-refractivity contribution is 8.02. The van der Waals surface area contributed by atoms with Crippen molar-refractivity contribution in [3.05, 3.63) is 40.9 Å². The SMILES string of the molecule is CCOC(=O)Cc1csc(S[C@H](C)C(=O)Nc2ccccc2C(C)=O)n1. The van der Waals surface area contributed by atoms with Crippen LogP contribution in [0.15, 0.2) is 34.0 Å². The summed E-state index contributed by atoms with van der Waals surface area (Å²) in [6.45, 7) is 5.32. The summed E-state index contributed by atoms with van der Waals surface area (Å²) in [7, 11) is 0. The minimum atomic E-state index is -0.406. The summed E-state index contributed by atoms with van der Waals surface area (Å²) in [5, 5.41) is 4.17. The molecule has 0 fully saturated rings. The van der Waals surface area contributed by atoms with Crippen LogP contribution in [0.2, 0.25) is 0 Å². The van der Waals surface area contributed by atoms with E-state index in [1.165, 1.54) is 30.0 Å². The van der Waals surface area contributed by atoms with E-state index < -0.39 is 5.25 Å². The Hall–Kier alpha value is -2.19. The van der Waals surface area contributed by atoms with Crippen molar-refractivity contribution in [2.24, 2.45) is 0 Å². The Morgan fingerprint density at radius 3 is 2.73 bits per heavy atom. The van der Waals surface area contributed by atoms with Gasteiger partial charge in [0, 0.05) is 10.9 Å². The summed E-state index contributed by atoms with van der Waals surface area (Å²) in [5.41, 5.74) is 1.61. The highest BCUT2D eigenvalue weighted by atomic mass is 32.2. The molecule has 1 aromatic carbocycles. The lowest BCUT2D eigenvalue weighted by atomic mass is 10.1. The Balaban J connectivity index is 1.96. The van der Waals surface area contributed by atoms with Gasteiger partial charge in [-0.25, -0.2) is 4.98 Å². The predicted octanol–water partition coefficient (Wildman–Crippen LogP) is 3.57. The molecule has 1 aromatic heterocycles. The van der Waals surface area contributed by atoms with E-state index in [1.807, 2.05) is 0 Å². The number of carbonyl (C=O) groups excluding carboxylic acids is 3. The summed E-state index contributed by atoms with van der Waals surface area (Å²) < 4.78 is 5.60. The molecule has 2 rings (SSSR count). The van der Waals surface area contributed by atoms with E-state index >= 15 is 0 Å². The van der Waals surface area contributed by atoms with Gasteiger partial charge in [-0.1, -0.05) is 23.9 Å². The summed E-state index contributed by atoms with van der Waals surface area (Å²) >= 11 is 2.68. The van der Waals surface area contributed by atoms with Gasteiger partial charge in [-0.2, -0.15) is 0 Å². The molecule has 138 valence electrons. The number of nitrogens with one attached hydrogen (secondary N) is 1. The van der Waals surface area contributed by atoms with Crippen LogP contribution in [0, 0.1) is 0 Å². The molecule has 0 aliphatic rings. The van der Waals surface area contributed by atoms with Crippen molar-refractivity contribution >= 4 is 46.4 Å². The second-order valence-corrected chi connectivity index (χ2v) is 7.88. The number of rotatable bonds is 8. The maximum absolute atomic E-state index is 12.4. The van der Waals surface area contributed by atoms with Crippen LogP contribution >= 0.6 is 23.1 Å². The zero-order valence-electron chi connectivity index (χ0n) is 14.8. The Morgan fingerprint density at radius 2 is 2.04 bits per heavy atom. The molecule has 1 amide bonds. The molecule has 0 bridgehead atoms. The number of thiazole rings is 1. The monoisotopic (exact) mass is 392 g/mol. The number of ether oxygens (including phenoxy) is 1. The standard InChI is InChI=1S/C18H20N2O4S2/c1-4-24-16(22)9-13-10-25-18(19-13)26-12(3)17(23)20-15-8-6-5-7-14(15)11(2)21/h5-8,10,12H,4,9H2,1-3H3,(H,20,23)/t12-/m1/s1. The smallest absolute Gasteiger partial charge is 0.311 e. The average Bonchev–Trinajstić information content (AvgIpc) is 3.02. The number of ketones is 1. The number of anilines is 1. The molecule has 6 nitrogen and oxygen atoms in total. The first-order chi connectivity index (χ1) is 12.4. The Labute approximate surface area is 160 Å². The lowest BCUT2D eigenvalue weighted by Crippen LogP contribution is -2.23. The molecule has 0 radical (unpaired) electrons. The Morgan fingerprint density at radius 1 is 1.31 bits per heavy atom. The fourth-order valence-electron chi connectivity index (χ4n) is 2.12. The fraction of sp³-hybridized carbons (Fsp3) is 0.333. The van der Waals surface area contributed by atoms with Gasteiger partial charge in [-0.05, 0) is 32.9 Å². The molecule has 1 heterocycles. The molecule has 0 unspecified atom stereocenters. The highest BCUT2D eigenvalue weighted by Gasteiger charge is 2.19. The minimum absolute atomic E-state index is 0.107. The minimum Gasteiger partial charge on any atom is -0.466 e. The summed E-state index contributed by atoms with van der Waals surface area (Å²) in [6.07, 6.45) is 0.122. The summed E-state index contributed by atoms with van der Waals surface area (Å²) in [4.78, 5) is 39.9. The normalized spacial score (nSPS) is 11.7. The number of hydrogen-bond acceptors (Lipinski definition) is 7. The number of benzene rings is 1. The van der Waals surface area contributed by atoms with E-state index in [4.69, 9.17) is 4.74 Å². The van der Waals surface area contributed by atoms with Gasteiger partial charge in [0.05, 0.1) is 29.7 Å². The molecular weight excluding hydrogens is 372 g/mol. The number of amides is 1. The molecule has 0 saturated heterocycles. The molecule has 1 atom stereocenters. The molecule has 0 aliphatic heterocycles. The topological polar surface area (TPSA) is 85.4 Å². The van der Waals surface area contributed by atoms with Crippen molar-refractivity contribution in [2.75, 3.05) is 11.9 Å². The van der Waals surface area contributed by atoms with Crippen LogP contribution in [0.3, 0.4) is 0 Å². The predicted molar refractivity (Wildman–Crippen MR) is 103 cm³/mol. The van der Waals surface area contributed by atoms with Gasteiger partial charge >= 0.3 is 5.97 Å². The summed E-state index contributed by atoms with van der Waals surface area (Å²) in [5.74, 6) is -0.642. The van der Waals surface area contributed by atoms with Gasteiger partial charge in [-0.15, -0.1) is 11.3 Å². The van der Waals surface area contributed by atoms with E-state index in [0.717, 1.165) is 0 Å². The molecule has 0 saturated carbocycles. The number of para-hydroxylation sites is 1. The molecule has 0 spiro atoms. The van der Waals surface area contributed by atoms with Gasteiger partial charge < -0.3 is 10.1 Å². The van der Waals surface area contributed by atoms with Crippen LogP contribution in [-0.2, 0) is 20.7 Å². The van der Waals surface area contributed by atoms with Crippen molar-refractivity contribution in [1.29, 1.82) is 0 Å². The van der Waals surface area contributed by atoms with Gasteiger partial charge in [0.15, 0.2) is 10.1 Å². The van der Waals surface area contributed by atoms with Crippen molar-refractivity contribution in [2.45, 2.75) is 36.8 Å². The van der Waals surface area contributed by atoms with Gasteiger partial charge in [0.2, 0.25) is 5.91 Å². The number of carbonyl (C=O) groups is 3. The van der Waals surface area contributed by atoms with E-state index in [0.29, 0.717) is 27.9 Å². The number of thioether (sulfide) groups is 1. The van der Waals surface area contributed by atoms with Gasteiger partial charge in [0.25, 0.3) is 0 Å². The first-order valence-electron chi connectivity index (χ1n) is 8.08. The first-order valence-corrected chi connectivity index (χ1v) is 9.84. The number of Topliss-reactive ketones (excluding diaryl/α,β-unsaturated/α-hetero) is 1. The van der Waals surface area contributed by atoms with Crippen LogP contribution in [0.25, 0.3) is 0 Å². The van der Waals surface area contributed by atoms with E-state index in [2.05, 4.69) is 10.3 Å². The van der Waals surface area contributed by atoms with Crippen LogP contribution < -0.4 is 5.32 Å². The third-order valence-electron chi connectivity index (χ3n) is 3.37. The lowest BCUT2D eigenvalue weighted by Gasteiger charge is -2.12. The fourth-order valence-corrected chi connectivity index (χ4v) is 4.10. The van der Waals surface area contributed by atoms with E-state index in [1.54, 1.807) is 43.5 Å². The van der Waals surface area contributed by atoms with E-state index in [9.17, 15) is 14.4 Å². The maximum Gasteiger partial charge on any atom is 0.311 e. The second kappa shape index (κ2) is 9.49. The molecule has 1 N–H and O–H groups in total. The number of nitrogens with zero attached hydrogens (tertiary/aromatic N) is 1. The molecule has 26 heavy (non-hydrogen) atoms. The van der Waals surface area contributed by atoms with Crippen LogP contribution in [-0.4, -0.2) is 34.5 Å². The third-order valence-corrected chi connectivity index (χ3v) is 5.49. The third kappa shape index (κ3) is 5.67. The number of aromatic nitrogens is 1. The van der Waals surface area contributed by atoms with Crippen LogP contribution in [0.1, 0.15) is 36.8 Å². The largest absolute Gasteiger partial charge is 0.466 e. The lowest BCUT2D eigenvalue weighted by molar-refractivity contribution is -0.142. The molecule has 0 aliphatic carbocycles. The quantitative estimate of drug-likeness (QED) is 0.420. The van der Waals surface area contributed by atoms with Crippen molar-refractivity contribution in [1.82, 2.24) is 4.98 Å². The zero-order valence-corrected chi connectivity index (χ0v) is 16.4. The van der Waals surface area contributed by atoms with Crippen molar-refractivity contribution < 1.29 is 19.1 Å². The van der Waals surface area contributed by atoms with Crippen LogP contribution in [0.4, 0.5) is 5.69 Å². The zero-order chi connectivity index (χ0) is 19.1. The molecule has 8 heteroatoms. The number of esters is 1. The summed E-state index contributed by atoms with van der Waals surface area (Å²) in [6, 6.07) is 6.90. The van der Waals surface area contributed by atoms with Crippen molar-refractivity contribution in [3.8, 4) is 0 Å². The van der Waals surface area contributed by atoms with Crippen LogP contribution in [0.5, 0.6) is 0 Å². The number of hydrogen-bond donors (Lipinski definition) is 1. The molecule has 2 aromatic rings. The Kier molecular flexibility index (Phi) is 7.35. The van der Waals surface area contributed by atoms with Gasteiger partial charge in [-0.3, -0.25) is 14.4 Å². The van der Waals surface area contributed by atoms with E-state index in [-0.39, 0.29) is 24.1 Å². The maximum atomic E-state index is 12.4. The highest BCUT2D eigenvalue weighted by Crippen LogP contribution is 2.28.